The van der Waals surface area contributed by atoms with Crippen molar-refractivity contribution in [2.45, 2.75) is 20.3 Å². The number of thiazole rings is 1. The van der Waals surface area contributed by atoms with Crippen LogP contribution in [0.4, 0.5) is 5.82 Å². The van der Waals surface area contributed by atoms with E-state index in [1.54, 1.807) is 20.0 Å². The number of nitrogens with two attached hydrogens (primary N) is 1. The van der Waals surface area contributed by atoms with E-state index in [-0.39, 0.29) is 5.06 Å². The summed E-state index contributed by atoms with van der Waals surface area (Å²) in [7, 11) is -2.93. The fourth-order valence-corrected chi connectivity index (χ4v) is 2.89. The Kier molecular flexibility index (Phi) is 3.96. The Morgan fingerprint density at radius 2 is 2.11 bits per heavy atom. The van der Waals surface area contributed by atoms with Gasteiger partial charge in [-0.2, -0.15) is 8.42 Å². The van der Waals surface area contributed by atoms with Crippen LogP contribution in [-0.4, -0.2) is 23.4 Å². The van der Waals surface area contributed by atoms with Crippen LogP contribution in [0, 0.1) is 13.8 Å². The molecule has 2 aromatic heterocycles. The molecule has 0 saturated carbocycles. The Bertz CT molecular complexity index is 673. The fourth-order valence-electron chi connectivity index (χ4n) is 1.48. The highest BCUT2D eigenvalue weighted by atomic mass is 32.2. The first kappa shape index (κ1) is 13.7. The number of hydrogen-bond donors (Lipinski definition) is 2. The molecule has 2 rings (SSSR count). The van der Waals surface area contributed by atoms with Gasteiger partial charge in [-0.25, -0.2) is 15.0 Å². The molecule has 2 N–H and O–H groups in total. The van der Waals surface area contributed by atoms with Gasteiger partial charge in [-0.15, -0.1) is 0 Å². The molecule has 7 nitrogen and oxygen atoms in total. The van der Waals surface area contributed by atoms with Gasteiger partial charge >= 0.3 is 0 Å². The molecule has 0 aliphatic heterocycles. The molecule has 0 unspecified atom stereocenters. The minimum Gasteiger partial charge on any atom is -0.383 e. The summed E-state index contributed by atoms with van der Waals surface area (Å²) in [6, 6.07) is 0. The van der Waals surface area contributed by atoms with Crippen LogP contribution in [0.5, 0.6) is 5.06 Å². The van der Waals surface area contributed by atoms with Gasteiger partial charge in [-0.3, -0.25) is 0 Å². The molecule has 0 amide bonds. The number of aromatic nitrogens is 3. The quantitative estimate of drug-likeness (QED) is 0.797. The van der Waals surface area contributed by atoms with Crippen LogP contribution in [-0.2, 0) is 17.4 Å². The van der Waals surface area contributed by atoms with Crippen molar-refractivity contribution in [3.8, 4) is 5.06 Å². The van der Waals surface area contributed by atoms with Gasteiger partial charge in [-0.05, 0) is 13.8 Å². The van der Waals surface area contributed by atoms with Gasteiger partial charge in [0.05, 0.1) is 5.69 Å². The van der Waals surface area contributed by atoms with E-state index in [1.807, 2.05) is 0 Å². The summed E-state index contributed by atoms with van der Waals surface area (Å²) in [5.74, 6) is 1.00. The maximum absolute atomic E-state index is 10.5. The highest BCUT2D eigenvalue weighted by Crippen LogP contribution is 2.28. The number of nitrogens with zero attached hydrogens (tertiary/aromatic N) is 3. The van der Waals surface area contributed by atoms with Gasteiger partial charge in [0.2, 0.25) is 5.06 Å². The Labute approximate surface area is 115 Å². The van der Waals surface area contributed by atoms with Crippen LogP contribution >= 0.6 is 11.3 Å². The Morgan fingerprint density at radius 3 is 2.74 bits per heavy atom. The van der Waals surface area contributed by atoms with Gasteiger partial charge < -0.3 is 9.92 Å². The topological polar surface area (TPSA) is 108 Å². The van der Waals surface area contributed by atoms with Crippen molar-refractivity contribution in [3.63, 3.8) is 0 Å². The molecule has 0 aliphatic rings. The second-order valence-corrected chi connectivity index (χ2v) is 5.48. The Hall–Kier alpha value is -1.74. The zero-order chi connectivity index (χ0) is 14.0. The molecule has 19 heavy (non-hydrogen) atoms. The third-order valence-electron chi connectivity index (χ3n) is 2.32. The van der Waals surface area contributed by atoms with E-state index in [0.29, 0.717) is 28.8 Å². The lowest BCUT2D eigenvalue weighted by atomic mass is 10.2. The summed E-state index contributed by atoms with van der Waals surface area (Å²) >= 11 is 1.17. The largest absolute Gasteiger partial charge is 0.383 e. The molecule has 2 heterocycles. The number of thiol groups is 1. The number of nitrogen functional groups attached to an aromatic ring is 1. The smallest absolute Gasteiger partial charge is 0.300 e. The third-order valence-corrected chi connectivity index (χ3v) is 3.81. The molecule has 0 atom stereocenters. The van der Waals surface area contributed by atoms with Crippen LogP contribution < -0.4 is 9.92 Å². The molecule has 0 aromatic carbocycles. The standard InChI is InChI=1S/C10H12N4O3S2/c1-5-10(17-19(15)16)18-8(13-5)3-7-4-12-6(2)14-9(7)11/h4,19H,3H2,1-2H3,(H2,11,12,14). The number of hydrogen-bond acceptors (Lipinski definition) is 8. The lowest BCUT2D eigenvalue weighted by molar-refractivity contribution is 0.514. The molecular weight excluding hydrogens is 288 g/mol. The Morgan fingerprint density at radius 1 is 1.37 bits per heavy atom. The summed E-state index contributed by atoms with van der Waals surface area (Å²) in [5, 5.41) is 0.973. The van der Waals surface area contributed by atoms with Crippen LogP contribution in [0.25, 0.3) is 0 Å². The highest BCUT2D eigenvalue weighted by molar-refractivity contribution is 7.67. The molecule has 0 saturated heterocycles. The molecular formula is C10H12N4O3S2. The Balaban J connectivity index is 2.24. The second-order valence-electron chi connectivity index (χ2n) is 3.80. The van der Waals surface area contributed by atoms with Crippen molar-refractivity contribution < 1.29 is 12.6 Å². The van der Waals surface area contributed by atoms with Crippen LogP contribution in [0.15, 0.2) is 6.20 Å². The summed E-state index contributed by atoms with van der Waals surface area (Å²) in [5.41, 5.74) is 7.07. The van der Waals surface area contributed by atoms with E-state index in [0.717, 1.165) is 5.56 Å². The summed E-state index contributed by atoms with van der Waals surface area (Å²) in [6.45, 7) is 3.44. The van der Waals surface area contributed by atoms with E-state index >= 15 is 0 Å². The monoisotopic (exact) mass is 300 g/mol. The number of aryl methyl sites for hydroxylation is 2. The zero-order valence-corrected chi connectivity index (χ0v) is 12.0. The van der Waals surface area contributed by atoms with E-state index in [9.17, 15) is 8.42 Å². The zero-order valence-electron chi connectivity index (χ0n) is 10.3. The number of anilines is 1. The van der Waals surface area contributed by atoms with Crippen LogP contribution in [0.1, 0.15) is 22.1 Å². The van der Waals surface area contributed by atoms with Gasteiger partial charge in [0.15, 0.2) is 0 Å². The van der Waals surface area contributed by atoms with Crippen molar-refractivity contribution in [1.82, 2.24) is 15.0 Å². The van der Waals surface area contributed by atoms with E-state index in [1.165, 1.54) is 11.3 Å². The summed E-state index contributed by atoms with van der Waals surface area (Å²) < 4.78 is 25.7. The first-order valence-corrected chi connectivity index (χ1v) is 7.23. The van der Waals surface area contributed by atoms with Crippen LogP contribution in [0.3, 0.4) is 0 Å². The van der Waals surface area contributed by atoms with Gasteiger partial charge in [0.1, 0.15) is 16.6 Å². The summed E-state index contributed by atoms with van der Waals surface area (Å²) in [6.07, 6.45) is 2.08. The van der Waals surface area contributed by atoms with E-state index in [4.69, 9.17) is 5.73 Å². The van der Waals surface area contributed by atoms with Gasteiger partial charge in [0, 0.05) is 18.2 Å². The van der Waals surface area contributed by atoms with Gasteiger partial charge in [-0.1, -0.05) is 11.3 Å². The van der Waals surface area contributed by atoms with Crippen molar-refractivity contribution >= 4 is 28.1 Å². The minimum absolute atomic E-state index is 0.276. The van der Waals surface area contributed by atoms with E-state index in [2.05, 4.69) is 19.1 Å². The molecule has 9 heteroatoms. The predicted molar refractivity (Wildman–Crippen MR) is 71.8 cm³/mol. The van der Waals surface area contributed by atoms with Crippen molar-refractivity contribution in [1.29, 1.82) is 0 Å². The molecule has 0 radical (unpaired) electrons. The normalized spacial score (nSPS) is 10.9. The predicted octanol–water partition coefficient (Wildman–Crippen LogP) is 0.628. The van der Waals surface area contributed by atoms with Crippen molar-refractivity contribution in [2.75, 3.05) is 5.73 Å². The van der Waals surface area contributed by atoms with Crippen molar-refractivity contribution in [3.05, 3.63) is 28.3 Å². The average Bonchev–Trinajstić information content (AvgIpc) is 2.62. The van der Waals surface area contributed by atoms with E-state index < -0.39 is 11.0 Å². The maximum atomic E-state index is 10.5. The average molecular weight is 300 g/mol. The first-order valence-electron chi connectivity index (χ1n) is 5.32. The highest BCUT2D eigenvalue weighted by Gasteiger charge is 2.12. The first-order chi connectivity index (χ1) is 8.95. The third kappa shape index (κ3) is 3.38. The lowest BCUT2D eigenvalue weighted by Crippen LogP contribution is -2.01. The summed E-state index contributed by atoms with van der Waals surface area (Å²) in [4.78, 5) is 12.4. The lowest BCUT2D eigenvalue weighted by Gasteiger charge is -2.02. The maximum Gasteiger partial charge on any atom is 0.300 e. The molecule has 0 spiro atoms. The fraction of sp³-hybridized carbons (Fsp3) is 0.300. The molecule has 0 aliphatic carbocycles. The molecule has 2 aromatic rings. The number of rotatable bonds is 4. The van der Waals surface area contributed by atoms with Crippen LogP contribution in [0.2, 0.25) is 0 Å². The molecule has 0 fully saturated rings. The van der Waals surface area contributed by atoms with Crippen molar-refractivity contribution in [2.24, 2.45) is 0 Å². The molecule has 102 valence electrons. The molecule has 0 bridgehead atoms. The SMILES string of the molecule is Cc1ncc(Cc2nc(C)c(O[SH](=O)=O)s2)c(N)n1. The minimum atomic E-state index is -2.93. The second kappa shape index (κ2) is 5.49. The van der Waals surface area contributed by atoms with Gasteiger partial charge in [0.25, 0.3) is 11.0 Å².